The first-order valence-electron chi connectivity index (χ1n) is 9.24. The van der Waals surface area contributed by atoms with Gasteiger partial charge in [-0.15, -0.1) is 0 Å². The zero-order valence-corrected chi connectivity index (χ0v) is 16.3. The SMILES string of the molecule is CCOc1ccc(C(=O)NCc2cccc(CN3CCOCC3)c2)cc1Cl. The summed E-state index contributed by atoms with van der Waals surface area (Å²) >= 11 is 6.16. The van der Waals surface area contributed by atoms with Crippen LogP contribution < -0.4 is 10.1 Å². The normalized spacial score (nSPS) is 14.7. The van der Waals surface area contributed by atoms with Crippen LogP contribution in [0, 0.1) is 0 Å². The summed E-state index contributed by atoms with van der Waals surface area (Å²) in [6, 6.07) is 13.4. The summed E-state index contributed by atoms with van der Waals surface area (Å²) < 4.78 is 10.8. The van der Waals surface area contributed by atoms with Crippen molar-refractivity contribution in [3.05, 3.63) is 64.2 Å². The van der Waals surface area contributed by atoms with Crippen molar-refractivity contribution in [1.29, 1.82) is 0 Å². The second kappa shape index (κ2) is 9.74. The van der Waals surface area contributed by atoms with Crippen LogP contribution in [0.15, 0.2) is 42.5 Å². The van der Waals surface area contributed by atoms with E-state index in [1.807, 2.05) is 19.1 Å². The molecule has 0 saturated carbocycles. The summed E-state index contributed by atoms with van der Waals surface area (Å²) in [5.41, 5.74) is 2.84. The molecule has 6 heteroatoms. The molecular formula is C21H25ClN2O3. The van der Waals surface area contributed by atoms with E-state index in [1.165, 1.54) is 5.56 Å². The van der Waals surface area contributed by atoms with Crippen LogP contribution in [0.4, 0.5) is 0 Å². The smallest absolute Gasteiger partial charge is 0.251 e. The van der Waals surface area contributed by atoms with Crippen molar-refractivity contribution in [2.75, 3.05) is 32.9 Å². The van der Waals surface area contributed by atoms with Gasteiger partial charge in [0, 0.05) is 31.7 Å². The highest BCUT2D eigenvalue weighted by molar-refractivity contribution is 6.32. The molecule has 2 aromatic carbocycles. The van der Waals surface area contributed by atoms with Crippen LogP contribution >= 0.6 is 11.6 Å². The number of benzene rings is 2. The summed E-state index contributed by atoms with van der Waals surface area (Å²) in [7, 11) is 0. The fourth-order valence-electron chi connectivity index (χ4n) is 3.05. The van der Waals surface area contributed by atoms with E-state index < -0.39 is 0 Å². The molecule has 1 fully saturated rings. The molecule has 2 aromatic rings. The van der Waals surface area contributed by atoms with E-state index in [0.29, 0.717) is 29.5 Å². The van der Waals surface area contributed by atoms with Crippen molar-refractivity contribution < 1.29 is 14.3 Å². The molecule has 5 nitrogen and oxygen atoms in total. The van der Waals surface area contributed by atoms with Gasteiger partial charge in [0.1, 0.15) is 5.75 Å². The molecule has 0 bridgehead atoms. The monoisotopic (exact) mass is 388 g/mol. The van der Waals surface area contributed by atoms with E-state index in [4.69, 9.17) is 21.1 Å². The van der Waals surface area contributed by atoms with Gasteiger partial charge in [0.2, 0.25) is 0 Å². The molecule has 0 radical (unpaired) electrons. The highest BCUT2D eigenvalue weighted by Gasteiger charge is 2.12. The average Bonchev–Trinajstić information content (AvgIpc) is 2.69. The number of carbonyl (C=O) groups is 1. The van der Waals surface area contributed by atoms with E-state index in [-0.39, 0.29) is 5.91 Å². The number of hydrogen-bond donors (Lipinski definition) is 1. The van der Waals surface area contributed by atoms with E-state index in [2.05, 4.69) is 22.3 Å². The Kier molecular flexibility index (Phi) is 7.10. The Bertz CT molecular complexity index is 776. The molecule has 1 saturated heterocycles. The average molecular weight is 389 g/mol. The van der Waals surface area contributed by atoms with Gasteiger partial charge in [0.15, 0.2) is 0 Å². The Morgan fingerprint density at radius 3 is 2.70 bits per heavy atom. The van der Waals surface area contributed by atoms with E-state index >= 15 is 0 Å². The predicted octanol–water partition coefficient (Wildman–Crippen LogP) is 3.50. The number of hydrogen-bond acceptors (Lipinski definition) is 4. The fourth-order valence-corrected chi connectivity index (χ4v) is 3.29. The minimum absolute atomic E-state index is 0.154. The Morgan fingerprint density at radius 2 is 1.96 bits per heavy atom. The molecule has 1 aliphatic rings. The standard InChI is InChI=1S/C21H25ClN2O3/c1-2-27-20-7-6-18(13-19(20)22)21(25)23-14-16-4-3-5-17(12-16)15-24-8-10-26-11-9-24/h3-7,12-13H,2,8-11,14-15H2,1H3,(H,23,25). The van der Waals surface area contributed by atoms with E-state index in [0.717, 1.165) is 38.4 Å². The molecule has 0 spiro atoms. The number of rotatable bonds is 7. The van der Waals surface area contributed by atoms with Crippen molar-refractivity contribution >= 4 is 17.5 Å². The molecule has 1 N–H and O–H groups in total. The maximum absolute atomic E-state index is 12.4. The lowest BCUT2D eigenvalue weighted by Gasteiger charge is -2.26. The molecule has 0 aliphatic carbocycles. The maximum Gasteiger partial charge on any atom is 0.251 e. The number of morpholine rings is 1. The quantitative estimate of drug-likeness (QED) is 0.788. The molecule has 0 unspecified atom stereocenters. The van der Waals surface area contributed by atoms with E-state index in [1.54, 1.807) is 18.2 Å². The minimum Gasteiger partial charge on any atom is -0.492 e. The van der Waals surface area contributed by atoms with Crippen LogP contribution in [0.25, 0.3) is 0 Å². The lowest BCUT2D eigenvalue weighted by atomic mass is 10.1. The molecule has 27 heavy (non-hydrogen) atoms. The molecular weight excluding hydrogens is 364 g/mol. The van der Waals surface area contributed by atoms with Crippen molar-refractivity contribution in [3.63, 3.8) is 0 Å². The molecule has 1 heterocycles. The number of amides is 1. The molecule has 0 aromatic heterocycles. The van der Waals surface area contributed by atoms with Crippen LogP contribution in [0.3, 0.4) is 0 Å². The Hall–Kier alpha value is -2.08. The number of ether oxygens (including phenoxy) is 2. The van der Waals surface area contributed by atoms with Gasteiger partial charge in [0.05, 0.1) is 24.8 Å². The van der Waals surface area contributed by atoms with Crippen LogP contribution in [0.1, 0.15) is 28.4 Å². The van der Waals surface area contributed by atoms with Crippen LogP contribution in [-0.4, -0.2) is 43.7 Å². The Balaban J connectivity index is 1.57. The summed E-state index contributed by atoms with van der Waals surface area (Å²) in [5, 5.41) is 3.39. The summed E-state index contributed by atoms with van der Waals surface area (Å²) in [4.78, 5) is 14.8. The number of halogens is 1. The molecule has 144 valence electrons. The van der Waals surface area contributed by atoms with Gasteiger partial charge in [0.25, 0.3) is 5.91 Å². The molecule has 1 aliphatic heterocycles. The first-order chi connectivity index (χ1) is 13.2. The third-order valence-corrected chi connectivity index (χ3v) is 4.74. The highest BCUT2D eigenvalue weighted by Crippen LogP contribution is 2.25. The Morgan fingerprint density at radius 1 is 1.19 bits per heavy atom. The third-order valence-electron chi connectivity index (χ3n) is 4.45. The summed E-state index contributed by atoms with van der Waals surface area (Å²) in [5.74, 6) is 0.435. The Labute approximate surface area is 165 Å². The van der Waals surface area contributed by atoms with Gasteiger partial charge in [-0.3, -0.25) is 9.69 Å². The first kappa shape index (κ1) is 19.7. The zero-order valence-electron chi connectivity index (χ0n) is 15.5. The van der Waals surface area contributed by atoms with Crippen molar-refractivity contribution in [2.45, 2.75) is 20.0 Å². The van der Waals surface area contributed by atoms with Gasteiger partial charge in [-0.25, -0.2) is 0 Å². The van der Waals surface area contributed by atoms with Crippen LogP contribution in [-0.2, 0) is 17.8 Å². The highest BCUT2D eigenvalue weighted by atomic mass is 35.5. The number of nitrogens with one attached hydrogen (secondary N) is 1. The topological polar surface area (TPSA) is 50.8 Å². The number of carbonyl (C=O) groups excluding carboxylic acids is 1. The predicted molar refractivity (Wildman–Crippen MR) is 106 cm³/mol. The minimum atomic E-state index is -0.154. The van der Waals surface area contributed by atoms with Crippen molar-refractivity contribution in [2.24, 2.45) is 0 Å². The largest absolute Gasteiger partial charge is 0.492 e. The van der Waals surface area contributed by atoms with Crippen molar-refractivity contribution in [3.8, 4) is 5.75 Å². The van der Waals surface area contributed by atoms with Crippen molar-refractivity contribution in [1.82, 2.24) is 10.2 Å². The summed E-state index contributed by atoms with van der Waals surface area (Å²) in [6.45, 7) is 7.30. The lowest BCUT2D eigenvalue weighted by Crippen LogP contribution is -2.35. The van der Waals surface area contributed by atoms with Gasteiger partial charge in [-0.05, 0) is 36.2 Å². The second-order valence-corrected chi connectivity index (χ2v) is 6.88. The van der Waals surface area contributed by atoms with Gasteiger partial charge >= 0.3 is 0 Å². The van der Waals surface area contributed by atoms with Gasteiger partial charge < -0.3 is 14.8 Å². The zero-order chi connectivity index (χ0) is 19.1. The van der Waals surface area contributed by atoms with Gasteiger partial charge in [-0.1, -0.05) is 35.9 Å². The maximum atomic E-state index is 12.4. The van der Waals surface area contributed by atoms with Crippen LogP contribution in [0.2, 0.25) is 5.02 Å². The fraction of sp³-hybridized carbons (Fsp3) is 0.381. The lowest BCUT2D eigenvalue weighted by molar-refractivity contribution is 0.0342. The first-order valence-corrected chi connectivity index (χ1v) is 9.62. The molecule has 3 rings (SSSR count). The van der Waals surface area contributed by atoms with E-state index in [9.17, 15) is 4.79 Å². The van der Waals surface area contributed by atoms with Gasteiger partial charge in [-0.2, -0.15) is 0 Å². The summed E-state index contributed by atoms with van der Waals surface area (Å²) in [6.07, 6.45) is 0. The second-order valence-electron chi connectivity index (χ2n) is 6.47. The molecule has 1 amide bonds. The van der Waals surface area contributed by atoms with Crippen LogP contribution in [0.5, 0.6) is 5.75 Å². The molecule has 0 atom stereocenters. The number of nitrogens with zero attached hydrogens (tertiary/aromatic N) is 1. The third kappa shape index (κ3) is 5.70.